The van der Waals surface area contributed by atoms with E-state index in [1.54, 1.807) is 7.11 Å². The summed E-state index contributed by atoms with van der Waals surface area (Å²) in [4.78, 5) is 10.5. The minimum absolute atomic E-state index is 0.150. The molecule has 1 atom stereocenters. The van der Waals surface area contributed by atoms with Crippen LogP contribution in [0.25, 0.3) is 0 Å². The Labute approximate surface area is 53.9 Å². The molecule has 1 heterocycles. The molecule has 0 unspecified atom stereocenters. The molecule has 0 radical (unpaired) electrons. The standard InChI is InChI=1S/C6H10O3/c1-8-6-3-2-5(7)4-9-6/h6H,2-4H2,1H3/t6-/m0/s1. The van der Waals surface area contributed by atoms with Gasteiger partial charge in [-0.05, 0) is 0 Å². The first-order valence-electron chi connectivity index (χ1n) is 2.99. The molecule has 1 rings (SSSR count). The summed E-state index contributed by atoms with van der Waals surface area (Å²) >= 11 is 0. The Morgan fingerprint density at radius 2 is 2.56 bits per heavy atom. The highest BCUT2D eigenvalue weighted by atomic mass is 16.7. The molecule has 3 heteroatoms. The van der Waals surface area contributed by atoms with Crippen LogP contribution >= 0.6 is 0 Å². The van der Waals surface area contributed by atoms with Crippen molar-refractivity contribution < 1.29 is 14.3 Å². The minimum Gasteiger partial charge on any atom is -0.356 e. The van der Waals surface area contributed by atoms with E-state index < -0.39 is 0 Å². The van der Waals surface area contributed by atoms with E-state index >= 15 is 0 Å². The largest absolute Gasteiger partial charge is 0.356 e. The normalized spacial score (nSPS) is 28.6. The third-order valence-corrected chi connectivity index (χ3v) is 1.35. The number of carbonyl (C=O) groups excluding carboxylic acids is 1. The lowest BCUT2D eigenvalue weighted by Gasteiger charge is -2.19. The van der Waals surface area contributed by atoms with Crippen LogP contribution in [0.15, 0.2) is 0 Å². The molecule has 0 amide bonds. The highest BCUT2D eigenvalue weighted by Gasteiger charge is 2.17. The van der Waals surface area contributed by atoms with Gasteiger partial charge in [-0.2, -0.15) is 0 Å². The van der Waals surface area contributed by atoms with Gasteiger partial charge in [-0.25, -0.2) is 0 Å². The first-order valence-corrected chi connectivity index (χ1v) is 2.99. The molecule has 0 aromatic carbocycles. The van der Waals surface area contributed by atoms with Gasteiger partial charge >= 0.3 is 0 Å². The third kappa shape index (κ3) is 1.77. The zero-order valence-electron chi connectivity index (χ0n) is 5.42. The predicted octanol–water partition coefficient (Wildman–Crippen LogP) is 0.338. The van der Waals surface area contributed by atoms with Crippen molar-refractivity contribution in [3.63, 3.8) is 0 Å². The maximum absolute atomic E-state index is 10.5. The molecule has 0 saturated carbocycles. The first-order chi connectivity index (χ1) is 4.33. The first kappa shape index (κ1) is 6.71. The Morgan fingerprint density at radius 1 is 1.78 bits per heavy atom. The van der Waals surface area contributed by atoms with Crippen molar-refractivity contribution in [2.45, 2.75) is 19.1 Å². The number of rotatable bonds is 1. The van der Waals surface area contributed by atoms with E-state index in [2.05, 4.69) is 0 Å². The van der Waals surface area contributed by atoms with Crippen LogP contribution < -0.4 is 0 Å². The summed E-state index contributed by atoms with van der Waals surface area (Å²) in [6.45, 7) is 0.221. The number of ketones is 1. The van der Waals surface area contributed by atoms with Crippen LogP contribution in [0.2, 0.25) is 0 Å². The maximum Gasteiger partial charge on any atom is 0.158 e. The molecule has 9 heavy (non-hydrogen) atoms. The van der Waals surface area contributed by atoms with E-state index in [1.807, 2.05) is 0 Å². The van der Waals surface area contributed by atoms with Gasteiger partial charge in [0, 0.05) is 20.0 Å². The van der Waals surface area contributed by atoms with Gasteiger partial charge in [0.1, 0.15) is 6.61 Å². The second kappa shape index (κ2) is 2.94. The van der Waals surface area contributed by atoms with Crippen LogP contribution in [0.5, 0.6) is 0 Å². The fourth-order valence-electron chi connectivity index (χ4n) is 0.806. The molecular weight excluding hydrogens is 120 g/mol. The summed E-state index contributed by atoms with van der Waals surface area (Å²) in [6, 6.07) is 0. The molecule has 0 aliphatic carbocycles. The molecule has 0 bridgehead atoms. The topological polar surface area (TPSA) is 35.5 Å². The van der Waals surface area contributed by atoms with Gasteiger partial charge in [0.15, 0.2) is 12.1 Å². The fraction of sp³-hybridized carbons (Fsp3) is 0.833. The molecular formula is C6H10O3. The van der Waals surface area contributed by atoms with Gasteiger partial charge in [-0.3, -0.25) is 4.79 Å². The van der Waals surface area contributed by atoms with Gasteiger partial charge in [0.2, 0.25) is 0 Å². The van der Waals surface area contributed by atoms with Crippen molar-refractivity contribution >= 4 is 5.78 Å². The zero-order chi connectivity index (χ0) is 6.69. The molecule has 3 nitrogen and oxygen atoms in total. The van der Waals surface area contributed by atoms with Crippen molar-refractivity contribution in [3.8, 4) is 0 Å². The smallest absolute Gasteiger partial charge is 0.158 e. The molecule has 52 valence electrons. The average molecular weight is 130 g/mol. The van der Waals surface area contributed by atoms with Gasteiger partial charge < -0.3 is 9.47 Å². The van der Waals surface area contributed by atoms with Gasteiger partial charge in [-0.1, -0.05) is 0 Å². The lowest BCUT2D eigenvalue weighted by atomic mass is 10.2. The summed E-state index contributed by atoms with van der Waals surface area (Å²) < 4.78 is 9.83. The number of Topliss-reactive ketones (excluding diaryl/α,β-unsaturated/α-hetero) is 1. The second-order valence-electron chi connectivity index (χ2n) is 2.05. The van der Waals surface area contributed by atoms with E-state index in [9.17, 15) is 4.79 Å². The van der Waals surface area contributed by atoms with E-state index in [0.717, 1.165) is 0 Å². The van der Waals surface area contributed by atoms with E-state index in [4.69, 9.17) is 9.47 Å². The van der Waals surface area contributed by atoms with Gasteiger partial charge in [0.25, 0.3) is 0 Å². The molecule has 0 spiro atoms. The molecule has 0 aromatic heterocycles. The van der Waals surface area contributed by atoms with Crippen LogP contribution in [-0.4, -0.2) is 25.8 Å². The van der Waals surface area contributed by atoms with Crippen LogP contribution in [0.4, 0.5) is 0 Å². The SMILES string of the molecule is CO[C@@H]1CCC(=O)CO1. The molecule has 0 N–H and O–H groups in total. The van der Waals surface area contributed by atoms with E-state index in [-0.39, 0.29) is 18.7 Å². The molecule has 1 fully saturated rings. The Kier molecular flexibility index (Phi) is 2.19. The maximum atomic E-state index is 10.5. The lowest BCUT2D eigenvalue weighted by Crippen LogP contribution is -2.26. The number of carbonyl (C=O) groups is 1. The highest BCUT2D eigenvalue weighted by molar-refractivity contribution is 5.80. The summed E-state index contributed by atoms with van der Waals surface area (Å²) in [6.07, 6.45) is 1.15. The number of hydrogen-bond acceptors (Lipinski definition) is 3. The highest BCUT2D eigenvalue weighted by Crippen LogP contribution is 2.09. The average Bonchev–Trinajstić information content (AvgIpc) is 1.90. The van der Waals surface area contributed by atoms with Crippen molar-refractivity contribution in [2.75, 3.05) is 13.7 Å². The van der Waals surface area contributed by atoms with Crippen LogP contribution in [0.3, 0.4) is 0 Å². The Hall–Kier alpha value is -0.410. The van der Waals surface area contributed by atoms with E-state index in [0.29, 0.717) is 12.8 Å². The van der Waals surface area contributed by atoms with Gasteiger partial charge in [-0.15, -0.1) is 0 Å². The third-order valence-electron chi connectivity index (χ3n) is 1.35. The Balaban J connectivity index is 2.26. The summed E-state index contributed by atoms with van der Waals surface area (Å²) in [5.74, 6) is 0.170. The monoisotopic (exact) mass is 130 g/mol. The van der Waals surface area contributed by atoms with Crippen molar-refractivity contribution in [1.29, 1.82) is 0 Å². The molecule has 1 aliphatic heterocycles. The van der Waals surface area contributed by atoms with Crippen LogP contribution in [0, 0.1) is 0 Å². The van der Waals surface area contributed by atoms with Crippen molar-refractivity contribution in [1.82, 2.24) is 0 Å². The summed E-state index contributed by atoms with van der Waals surface area (Å²) in [5, 5.41) is 0. The number of hydrogen-bond donors (Lipinski definition) is 0. The Morgan fingerprint density at radius 3 is 3.00 bits per heavy atom. The van der Waals surface area contributed by atoms with Crippen LogP contribution in [0.1, 0.15) is 12.8 Å². The molecule has 1 saturated heterocycles. The van der Waals surface area contributed by atoms with Crippen molar-refractivity contribution in [3.05, 3.63) is 0 Å². The summed E-state index contributed by atoms with van der Waals surface area (Å²) in [5.41, 5.74) is 0. The van der Waals surface area contributed by atoms with E-state index in [1.165, 1.54) is 0 Å². The van der Waals surface area contributed by atoms with Gasteiger partial charge in [0.05, 0.1) is 0 Å². The molecule has 0 aromatic rings. The number of ether oxygens (including phenoxy) is 2. The lowest BCUT2D eigenvalue weighted by molar-refractivity contribution is -0.163. The minimum atomic E-state index is -0.150. The zero-order valence-corrected chi connectivity index (χ0v) is 5.42. The predicted molar refractivity (Wildman–Crippen MR) is 31.0 cm³/mol. The summed E-state index contributed by atoms with van der Waals surface area (Å²) in [7, 11) is 1.58. The van der Waals surface area contributed by atoms with Crippen LogP contribution in [-0.2, 0) is 14.3 Å². The number of methoxy groups -OCH3 is 1. The molecule has 1 aliphatic rings. The quantitative estimate of drug-likeness (QED) is 0.513. The second-order valence-corrected chi connectivity index (χ2v) is 2.05. The van der Waals surface area contributed by atoms with Crippen molar-refractivity contribution in [2.24, 2.45) is 0 Å². The fourth-order valence-corrected chi connectivity index (χ4v) is 0.806. The Bertz CT molecular complexity index is 101.